The molecule has 0 aliphatic carbocycles. The summed E-state index contributed by atoms with van der Waals surface area (Å²) in [6.45, 7) is 2.97. The van der Waals surface area contributed by atoms with Crippen LogP contribution in [0.1, 0.15) is 39.0 Å². The molecule has 1 rings (SSSR count). The van der Waals surface area contributed by atoms with Gasteiger partial charge in [-0.05, 0) is 30.7 Å². The van der Waals surface area contributed by atoms with Crippen molar-refractivity contribution in [3.63, 3.8) is 0 Å². The van der Waals surface area contributed by atoms with Crippen molar-refractivity contribution < 1.29 is 9.53 Å². The third-order valence-electron chi connectivity index (χ3n) is 2.57. The smallest absolute Gasteiger partial charge is 0.314 e. The summed E-state index contributed by atoms with van der Waals surface area (Å²) in [5.41, 5.74) is 0.732. The topological polar surface area (TPSA) is 38.3 Å². The van der Waals surface area contributed by atoms with Crippen LogP contribution in [0, 0.1) is 0 Å². The minimum absolute atomic E-state index is 0.732. The molecule has 0 saturated carbocycles. The van der Waals surface area contributed by atoms with E-state index in [0.29, 0.717) is 0 Å². The number of unbranched alkanes of at least 4 members (excludes halogenated alkanes) is 4. The van der Waals surface area contributed by atoms with E-state index in [1.165, 1.54) is 25.7 Å². The van der Waals surface area contributed by atoms with Gasteiger partial charge in [-0.15, -0.1) is 0 Å². The molecule has 0 unspecified atom stereocenters. The van der Waals surface area contributed by atoms with Crippen molar-refractivity contribution in [1.82, 2.24) is 0 Å². The van der Waals surface area contributed by atoms with E-state index < -0.39 is 0 Å². The Balaban J connectivity index is 2.16. The van der Waals surface area contributed by atoms with Crippen molar-refractivity contribution >= 4 is 12.1 Å². The van der Waals surface area contributed by atoms with Crippen LogP contribution < -0.4 is 10.1 Å². The molecule has 0 spiro atoms. The summed E-state index contributed by atoms with van der Waals surface area (Å²) in [5.74, 6) is 0.844. The Kier molecular flexibility index (Phi) is 6.87. The first-order chi connectivity index (χ1) is 8.36. The van der Waals surface area contributed by atoms with Gasteiger partial charge in [0, 0.05) is 5.69 Å². The van der Waals surface area contributed by atoms with Crippen LogP contribution in [0.3, 0.4) is 0 Å². The number of hydrogen-bond acceptors (Lipinski definition) is 2. The average molecular weight is 234 g/mol. The van der Waals surface area contributed by atoms with Crippen LogP contribution in [-0.4, -0.2) is 13.0 Å². The van der Waals surface area contributed by atoms with Gasteiger partial charge in [0.25, 0.3) is 0 Å². The number of carbonyl (C=O) groups excluding carboxylic acids is 1. The molecular formula is C14H20NO2. The number of anilines is 1. The lowest BCUT2D eigenvalue weighted by atomic mass is 10.2. The van der Waals surface area contributed by atoms with Gasteiger partial charge in [-0.2, -0.15) is 0 Å². The summed E-state index contributed by atoms with van der Waals surface area (Å²) in [7, 11) is 0. The van der Waals surface area contributed by atoms with Crippen LogP contribution in [0.2, 0.25) is 0 Å². The maximum absolute atomic E-state index is 10.1. The summed E-state index contributed by atoms with van der Waals surface area (Å²) in [6, 6.07) is 7.31. The van der Waals surface area contributed by atoms with E-state index in [9.17, 15) is 4.79 Å². The fourth-order valence-corrected chi connectivity index (χ4v) is 1.59. The Hall–Kier alpha value is -1.51. The zero-order chi connectivity index (χ0) is 12.3. The number of hydrogen-bond donors (Lipinski definition) is 1. The first-order valence-electron chi connectivity index (χ1n) is 6.23. The van der Waals surface area contributed by atoms with E-state index >= 15 is 0 Å². The molecule has 0 heterocycles. The Bertz CT molecular complexity index is 309. The molecule has 1 N–H and O–H groups in total. The molecule has 3 nitrogen and oxygen atoms in total. The lowest BCUT2D eigenvalue weighted by molar-refractivity contribution is 0.304. The minimum atomic E-state index is 0.732. The molecular weight excluding hydrogens is 214 g/mol. The molecule has 93 valence electrons. The number of nitrogens with one attached hydrogen (secondary N) is 1. The summed E-state index contributed by atoms with van der Waals surface area (Å²) in [5, 5.41) is 2.46. The van der Waals surface area contributed by atoms with Gasteiger partial charge in [0.1, 0.15) is 5.75 Å². The van der Waals surface area contributed by atoms with Crippen LogP contribution in [0.25, 0.3) is 0 Å². The zero-order valence-electron chi connectivity index (χ0n) is 10.4. The molecule has 1 aromatic carbocycles. The van der Waals surface area contributed by atoms with Gasteiger partial charge in [0.15, 0.2) is 0 Å². The molecule has 3 heteroatoms. The van der Waals surface area contributed by atoms with Crippen LogP contribution in [0.4, 0.5) is 5.69 Å². The predicted octanol–water partition coefficient (Wildman–Crippen LogP) is 3.51. The second kappa shape index (κ2) is 8.62. The fraction of sp³-hybridized carbons (Fsp3) is 0.500. The van der Waals surface area contributed by atoms with Gasteiger partial charge in [-0.25, -0.2) is 0 Å². The average Bonchev–Trinajstić information content (AvgIpc) is 2.36. The van der Waals surface area contributed by atoms with Gasteiger partial charge in [-0.1, -0.05) is 32.6 Å². The molecule has 1 amide bonds. The van der Waals surface area contributed by atoms with E-state index in [4.69, 9.17) is 4.74 Å². The highest BCUT2D eigenvalue weighted by molar-refractivity contribution is 5.71. The second-order valence-corrected chi connectivity index (χ2v) is 4.01. The molecule has 1 radical (unpaired) electrons. The summed E-state index contributed by atoms with van der Waals surface area (Å²) in [6.07, 6.45) is 7.83. The van der Waals surface area contributed by atoms with Gasteiger partial charge in [0.05, 0.1) is 6.61 Å². The highest BCUT2D eigenvalue weighted by atomic mass is 16.5. The highest BCUT2D eigenvalue weighted by Gasteiger charge is 1.95. The molecule has 0 atom stereocenters. The first-order valence-corrected chi connectivity index (χ1v) is 6.23. The Morgan fingerprint density at radius 3 is 2.47 bits per heavy atom. The van der Waals surface area contributed by atoms with Crippen LogP contribution in [0.15, 0.2) is 24.3 Å². The maximum atomic E-state index is 10.1. The molecule has 0 aromatic heterocycles. The molecule has 0 bridgehead atoms. The largest absolute Gasteiger partial charge is 0.494 e. The predicted molar refractivity (Wildman–Crippen MR) is 70.0 cm³/mol. The number of ether oxygens (including phenoxy) is 1. The summed E-state index contributed by atoms with van der Waals surface area (Å²) in [4.78, 5) is 10.1. The summed E-state index contributed by atoms with van der Waals surface area (Å²) >= 11 is 0. The standard InChI is InChI=1S/C14H20NO2/c1-2-3-4-5-6-11-17-14-9-7-13(8-10-14)15-12-16/h7-10H,2-6,11H2,1H3,(H,15,16). The van der Waals surface area contributed by atoms with Gasteiger partial charge < -0.3 is 10.1 Å². The third-order valence-corrected chi connectivity index (χ3v) is 2.57. The zero-order valence-corrected chi connectivity index (χ0v) is 10.4. The molecule has 0 aliphatic heterocycles. The SMILES string of the molecule is CCCCCCCOc1ccc(N[C]=O)cc1. The quantitative estimate of drug-likeness (QED) is 0.524. The van der Waals surface area contributed by atoms with Crippen molar-refractivity contribution in [3.05, 3.63) is 24.3 Å². The van der Waals surface area contributed by atoms with E-state index in [0.717, 1.165) is 24.5 Å². The van der Waals surface area contributed by atoms with Crippen LogP contribution >= 0.6 is 0 Å². The number of amides is 1. The van der Waals surface area contributed by atoms with Crippen molar-refractivity contribution in [2.75, 3.05) is 11.9 Å². The molecule has 1 aromatic rings. The maximum Gasteiger partial charge on any atom is 0.314 e. The number of benzene rings is 1. The minimum Gasteiger partial charge on any atom is -0.494 e. The Morgan fingerprint density at radius 2 is 1.82 bits per heavy atom. The van der Waals surface area contributed by atoms with E-state index in [1.54, 1.807) is 18.5 Å². The Morgan fingerprint density at radius 1 is 1.12 bits per heavy atom. The fourth-order valence-electron chi connectivity index (χ4n) is 1.59. The van der Waals surface area contributed by atoms with Crippen molar-refractivity contribution in [2.45, 2.75) is 39.0 Å². The van der Waals surface area contributed by atoms with Gasteiger partial charge in [0.2, 0.25) is 0 Å². The number of rotatable bonds is 9. The Labute approximate surface area is 103 Å². The third kappa shape index (κ3) is 5.95. The van der Waals surface area contributed by atoms with Crippen molar-refractivity contribution in [1.29, 1.82) is 0 Å². The lowest BCUT2D eigenvalue weighted by Gasteiger charge is -2.06. The first kappa shape index (κ1) is 13.6. The van der Waals surface area contributed by atoms with Crippen molar-refractivity contribution in [3.8, 4) is 5.75 Å². The highest BCUT2D eigenvalue weighted by Crippen LogP contribution is 2.15. The summed E-state index contributed by atoms with van der Waals surface area (Å²) < 4.78 is 5.59. The monoisotopic (exact) mass is 234 g/mol. The van der Waals surface area contributed by atoms with Gasteiger partial charge >= 0.3 is 6.41 Å². The van der Waals surface area contributed by atoms with E-state index in [2.05, 4.69) is 12.2 Å². The van der Waals surface area contributed by atoms with Crippen LogP contribution in [-0.2, 0) is 4.79 Å². The van der Waals surface area contributed by atoms with E-state index in [-0.39, 0.29) is 0 Å². The molecule has 0 saturated heterocycles. The van der Waals surface area contributed by atoms with Crippen molar-refractivity contribution in [2.24, 2.45) is 0 Å². The normalized spacial score (nSPS) is 9.94. The second-order valence-electron chi connectivity index (χ2n) is 4.01. The van der Waals surface area contributed by atoms with E-state index in [1.807, 2.05) is 12.1 Å². The molecule has 17 heavy (non-hydrogen) atoms. The van der Waals surface area contributed by atoms with Crippen LogP contribution in [0.5, 0.6) is 5.75 Å². The molecule has 0 fully saturated rings. The molecule has 0 aliphatic rings. The lowest BCUT2D eigenvalue weighted by Crippen LogP contribution is -1.98. The van der Waals surface area contributed by atoms with Gasteiger partial charge in [-0.3, -0.25) is 4.79 Å².